The molecule has 1 amide bonds. The number of esters is 2. The molecule has 0 aromatic rings. The predicted molar refractivity (Wildman–Crippen MR) is 67.9 cm³/mol. The number of nitrogens with one attached hydrogen (secondary N) is 1. The van der Waals surface area contributed by atoms with Gasteiger partial charge in [0.25, 0.3) is 0 Å². The molecule has 0 aliphatic heterocycles. The van der Waals surface area contributed by atoms with Crippen LogP contribution in [0, 0.1) is 12.3 Å². The summed E-state index contributed by atoms with van der Waals surface area (Å²) in [5.74, 6) is 1.09. The van der Waals surface area contributed by atoms with E-state index in [0.29, 0.717) is 12.8 Å². The SMILES string of the molecule is C#CCCCC(=O)N[C@H](CCC(=O)OC)C(=O)OC. The maximum atomic E-state index is 11.6. The van der Waals surface area contributed by atoms with Crippen molar-refractivity contribution in [3.05, 3.63) is 0 Å². The molecule has 0 bridgehead atoms. The fraction of sp³-hybridized carbons (Fsp3) is 0.615. The number of carbonyl (C=O) groups is 3. The number of carbonyl (C=O) groups excluding carboxylic acids is 3. The number of hydrogen-bond acceptors (Lipinski definition) is 5. The van der Waals surface area contributed by atoms with E-state index < -0.39 is 18.0 Å². The lowest BCUT2D eigenvalue weighted by atomic mass is 10.1. The van der Waals surface area contributed by atoms with Crippen LogP contribution in [0.4, 0.5) is 0 Å². The van der Waals surface area contributed by atoms with Crippen molar-refractivity contribution in [1.82, 2.24) is 5.32 Å². The lowest BCUT2D eigenvalue weighted by Crippen LogP contribution is -2.41. The predicted octanol–water partition coefficient (Wildman–Crippen LogP) is 0.401. The monoisotopic (exact) mass is 269 g/mol. The van der Waals surface area contributed by atoms with E-state index in [2.05, 4.69) is 20.7 Å². The molecular formula is C13H19NO5. The number of terminal acetylenes is 1. The van der Waals surface area contributed by atoms with Crippen molar-refractivity contribution in [2.24, 2.45) is 0 Å². The van der Waals surface area contributed by atoms with Gasteiger partial charge in [-0.2, -0.15) is 0 Å². The van der Waals surface area contributed by atoms with Crippen LogP contribution in [-0.2, 0) is 23.9 Å². The van der Waals surface area contributed by atoms with Gasteiger partial charge in [-0.1, -0.05) is 0 Å². The van der Waals surface area contributed by atoms with Gasteiger partial charge in [0.05, 0.1) is 14.2 Å². The summed E-state index contributed by atoms with van der Waals surface area (Å²) in [5, 5.41) is 2.52. The van der Waals surface area contributed by atoms with Gasteiger partial charge in [0, 0.05) is 19.3 Å². The second-order valence-corrected chi connectivity index (χ2v) is 3.82. The molecule has 0 fully saturated rings. The first-order valence-corrected chi connectivity index (χ1v) is 5.92. The number of unbranched alkanes of at least 4 members (excludes halogenated alkanes) is 1. The topological polar surface area (TPSA) is 81.7 Å². The smallest absolute Gasteiger partial charge is 0.328 e. The zero-order chi connectivity index (χ0) is 14.7. The average molecular weight is 269 g/mol. The number of amides is 1. The zero-order valence-corrected chi connectivity index (χ0v) is 11.2. The van der Waals surface area contributed by atoms with Gasteiger partial charge in [0.1, 0.15) is 6.04 Å². The Bertz CT molecular complexity index is 359. The minimum absolute atomic E-state index is 0.0287. The first-order valence-electron chi connectivity index (χ1n) is 5.92. The molecule has 0 aliphatic rings. The third-order valence-corrected chi connectivity index (χ3v) is 2.41. The molecular weight excluding hydrogens is 250 g/mol. The van der Waals surface area contributed by atoms with E-state index in [9.17, 15) is 14.4 Å². The number of hydrogen-bond donors (Lipinski definition) is 1. The maximum Gasteiger partial charge on any atom is 0.328 e. The Balaban J connectivity index is 4.27. The highest BCUT2D eigenvalue weighted by Crippen LogP contribution is 2.03. The van der Waals surface area contributed by atoms with Crippen molar-refractivity contribution in [2.75, 3.05) is 14.2 Å². The standard InChI is InChI=1S/C13H19NO5/c1-4-5-6-7-11(15)14-10(13(17)19-3)8-9-12(16)18-2/h1,10H,5-9H2,2-3H3,(H,14,15)/t10-/m1/s1. The molecule has 0 saturated carbocycles. The average Bonchev–Trinajstić information content (AvgIpc) is 2.42. The van der Waals surface area contributed by atoms with E-state index in [1.807, 2.05) is 0 Å². The third-order valence-electron chi connectivity index (χ3n) is 2.41. The van der Waals surface area contributed by atoms with E-state index in [0.717, 1.165) is 0 Å². The summed E-state index contributed by atoms with van der Waals surface area (Å²) < 4.78 is 9.04. The van der Waals surface area contributed by atoms with Crippen molar-refractivity contribution in [1.29, 1.82) is 0 Å². The molecule has 19 heavy (non-hydrogen) atoms. The van der Waals surface area contributed by atoms with Crippen molar-refractivity contribution in [2.45, 2.75) is 38.1 Å². The van der Waals surface area contributed by atoms with Crippen LogP contribution in [-0.4, -0.2) is 38.1 Å². The summed E-state index contributed by atoms with van der Waals surface area (Å²) in [5.41, 5.74) is 0. The molecule has 0 aromatic carbocycles. The minimum Gasteiger partial charge on any atom is -0.469 e. The fourth-order valence-corrected chi connectivity index (χ4v) is 1.37. The molecule has 0 saturated heterocycles. The highest BCUT2D eigenvalue weighted by molar-refractivity contribution is 5.84. The second kappa shape index (κ2) is 9.95. The van der Waals surface area contributed by atoms with Gasteiger partial charge in [-0.15, -0.1) is 12.3 Å². The van der Waals surface area contributed by atoms with Crippen LogP contribution in [0.1, 0.15) is 32.1 Å². The van der Waals surface area contributed by atoms with E-state index in [4.69, 9.17) is 6.42 Å². The number of methoxy groups -OCH3 is 2. The van der Waals surface area contributed by atoms with Crippen LogP contribution in [0.25, 0.3) is 0 Å². The highest BCUT2D eigenvalue weighted by Gasteiger charge is 2.22. The van der Waals surface area contributed by atoms with Crippen LogP contribution in [0.3, 0.4) is 0 Å². The molecule has 0 radical (unpaired) electrons. The minimum atomic E-state index is -0.845. The quantitative estimate of drug-likeness (QED) is 0.392. The molecule has 6 nitrogen and oxygen atoms in total. The van der Waals surface area contributed by atoms with Gasteiger partial charge in [0.2, 0.25) is 5.91 Å². The Morgan fingerprint density at radius 3 is 2.42 bits per heavy atom. The summed E-state index contributed by atoms with van der Waals surface area (Å²) >= 11 is 0. The van der Waals surface area contributed by atoms with Gasteiger partial charge in [-0.05, 0) is 12.8 Å². The molecule has 0 aliphatic carbocycles. The molecule has 0 heterocycles. The van der Waals surface area contributed by atoms with Gasteiger partial charge >= 0.3 is 11.9 Å². The lowest BCUT2D eigenvalue weighted by Gasteiger charge is -2.15. The number of ether oxygens (including phenoxy) is 2. The van der Waals surface area contributed by atoms with Crippen LogP contribution < -0.4 is 5.32 Å². The Kier molecular flexibility index (Phi) is 8.88. The van der Waals surface area contributed by atoms with Gasteiger partial charge in [-0.25, -0.2) is 4.79 Å². The van der Waals surface area contributed by atoms with E-state index in [1.54, 1.807) is 0 Å². The second-order valence-electron chi connectivity index (χ2n) is 3.82. The van der Waals surface area contributed by atoms with Crippen LogP contribution in [0.15, 0.2) is 0 Å². The third kappa shape index (κ3) is 7.82. The van der Waals surface area contributed by atoms with Crippen molar-refractivity contribution < 1.29 is 23.9 Å². The normalized spacial score (nSPS) is 11.0. The molecule has 1 N–H and O–H groups in total. The van der Waals surface area contributed by atoms with Crippen molar-refractivity contribution in [3.8, 4) is 12.3 Å². The molecule has 106 valence electrons. The summed E-state index contributed by atoms with van der Waals surface area (Å²) in [6.45, 7) is 0. The first-order chi connectivity index (χ1) is 9.04. The molecule has 0 spiro atoms. The van der Waals surface area contributed by atoms with Crippen molar-refractivity contribution in [3.63, 3.8) is 0 Å². The van der Waals surface area contributed by atoms with Gasteiger partial charge in [0.15, 0.2) is 0 Å². The zero-order valence-electron chi connectivity index (χ0n) is 11.2. The molecule has 0 aromatic heterocycles. The molecule has 0 unspecified atom stereocenters. The van der Waals surface area contributed by atoms with Gasteiger partial charge in [-0.3, -0.25) is 9.59 Å². The summed E-state index contributed by atoms with van der Waals surface area (Å²) in [6.07, 6.45) is 6.52. The Morgan fingerprint density at radius 2 is 1.89 bits per heavy atom. The maximum absolute atomic E-state index is 11.6. The molecule has 6 heteroatoms. The largest absolute Gasteiger partial charge is 0.469 e. The Morgan fingerprint density at radius 1 is 1.21 bits per heavy atom. The summed E-state index contributed by atoms with van der Waals surface area (Å²) in [4.78, 5) is 34.0. The Labute approximate surface area is 112 Å². The summed E-state index contributed by atoms with van der Waals surface area (Å²) in [6, 6.07) is -0.845. The van der Waals surface area contributed by atoms with E-state index in [1.165, 1.54) is 14.2 Å². The van der Waals surface area contributed by atoms with Crippen LogP contribution >= 0.6 is 0 Å². The molecule has 1 atom stereocenters. The van der Waals surface area contributed by atoms with Crippen molar-refractivity contribution >= 4 is 17.8 Å². The van der Waals surface area contributed by atoms with E-state index in [-0.39, 0.29) is 25.2 Å². The van der Waals surface area contributed by atoms with Crippen LogP contribution in [0.2, 0.25) is 0 Å². The van der Waals surface area contributed by atoms with E-state index >= 15 is 0 Å². The molecule has 0 rings (SSSR count). The highest BCUT2D eigenvalue weighted by atomic mass is 16.5. The first kappa shape index (κ1) is 17.0. The number of rotatable bonds is 8. The van der Waals surface area contributed by atoms with Crippen LogP contribution in [0.5, 0.6) is 0 Å². The summed E-state index contributed by atoms with van der Waals surface area (Å²) in [7, 11) is 2.48. The Hall–Kier alpha value is -2.03. The van der Waals surface area contributed by atoms with Gasteiger partial charge < -0.3 is 14.8 Å². The fourth-order valence-electron chi connectivity index (χ4n) is 1.37. The lowest BCUT2D eigenvalue weighted by molar-refractivity contribution is -0.146.